The van der Waals surface area contributed by atoms with Gasteiger partial charge in [0.05, 0.1) is 5.75 Å². The van der Waals surface area contributed by atoms with Gasteiger partial charge in [-0.25, -0.2) is 12.7 Å². The molecule has 1 heterocycles. The molecule has 1 aliphatic rings. The smallest absolute Gasteiger partial charge is 0.215 e. The number of sulfonamides is 1. The predicted molar refractivity (Wildman–Crippen MR) is 75.2 cm³/mol. The molecule has 1 saturated heterocycles. The number of piperidine rings is 1. The van der Waals surface area contributed by atoms with Gasteiger partial charge < -0.3 is 10.2 Å². The second kappa shape index (κ2) is 7.43. The Labute approximate surface area is 112 Å². The van der Waals surface area contributed by atoms with E-state index in [1.54, 1.807) is 11.4 Å². The van der Waals surface area contributed by atoms with Crippen LogP contribution in [-0.2, 0) is 10.0 Å². The Bertz CT molecular complexity index is 324. The van der Waals surface area contributed by atoms with Crippen molar-refractivity contribution in [1.82, 2.24) is 14.5 Å². The summed E-state index contributed by atoms with van der Waals surface area (Å²) in [5, 5.41) is 3.14. The summed E-state index contributed by atoms with van der Waals surface area (Å²) < 4.78 is 25.9. The monoisotopic (exact) mass is 277 g/mol. The van der Waals surface area contributed by atoms with Gasteiger partial charge in [-0.1, -0.05) is 6.92 Å². The Morgan fingerprint density at radius 2 is 1.89 bits per heavy atom. The van der Waals surface area contributed by atoms with Crippen molar-refractivity contribution < 1.29 is 8.42 Å². The van der Waals surface area contributed by atoms with Crippen LogP contribution >= 0.6 is 0 Å². The SMILES string of the molecule is CCCNCCS(=O)(=O)N(C)C1CCN(C)CC1. The average Bonchev–Trinajstić information content (AvgIpc) is 2.35. The van der Waals surface area contributed by atoms with E-state index in [0.29, 0.717) is 6.54 Å². The first-order chi connectivity index (χ1) is 8.47. The van der Waals surface area contributed by atoms with E-state index in [9.17, 15) is 8.42 Å². The van der Waals surface area contributed by atoms with E-state index < -0.39 is 10.0 Å². The Hall–Kier alpha value is -0.170. The molecule has 1 aliphatic heterocycles. The molecule has 5 nitrogen and oxygen atoms in total. The maximum atomic E-state index is 12.1. The second-order valence-corrected chi connectivity index (χ2v) is 7.26. The lowest BCUT2D eigenvalue weighted by Crippen LogP contribution is -2.46. The minimum Gasteiger partial charge on any atom is -0.316 e. The minimum absolute atomic E-state index is 0.178. The molecule has 0 saturated carbocycles. The molecule has 1 fully saturated rings. The zero-order valence-corrected chi connectivity index (χ0v) is 12.7. The lowest BCUT2D eigenvalue weighted by molar-refractivity contribution is 0.197. The third-order valence-electron chi connectivity index (χ3n) is 3.60. The van der Waals surface area contributed by atoms with Crippen LogP contribution in [0.25, 0.3) is 0 Å². The Kier molecular flexibility index (Phi) is 6.55. The molecule has 108 valence electrons. The molecule has 0 unspecified atom stereocenters. The number of hydrogen-bond acceptors (Lipinski definition) is 4. The maximum absolute atomic E-state index is 12.1. The Morgan fingerprint density at radius 3 is 2.44 bits per heavy atom. The van der Waals surface area contributed by atoms with Gasteiger partial charge in [0.25, 0.3) is 0 Å². The van der Waals surface area contributed by atoms with Gasteiger partial charge in [-0.15, -0.1) is 0 Å². The molecule has 0 bridgehead atoms. The van der Waals surface area contributed by atoms with Gasteiger partial charge in [-0.3, -0.25) is 0 Å². The first-order valence-corrected chi connectivity index (χ1v) is 8.43. The summed E-state index contributed by atoms with van der Waals surface area (Å²) in [7, 11) is 0.705. The van der Waals surface area contributed by atoms with Crippen LogP contribution in [0.1, 0.15) is 26.2 Å². The summed E-state index contributed by atoms with van der Waals surface area (Å²) in [5.41, 5.74) is 0. The fourth-order valence-electron chi connectivity index (χ4n) is 2.23. The van der Waals surface area contributed by atoms with Crippen molar-refractivity contribution in [3.8, 4) is 0 Å². The quantitative estimate of drug-likeness (QED) is 0.682. The third-order valence-corrected chi connectivity index (χ3v) is 5.50. The van der Waals surface area contributed by atoms with Gasteiger partial charge in [0, 0.05) is 19.6 Å². The van der Waals surface area contributed by atoms with E-state index in [1.807, 2.05) is 0 Å². The van der Waals surface area contributed by atoms with Crippen LogP contribution < -0.4 is 5.32 Å². The van der Waals surface area contributed by atoms with Crippen LogP contribution in [0, 0.1) is 0 Å². The highest BCUT2D eigenvalue weighted by Gasteiger charge is 2.28. The lowest BCUT2D eigenvalue weighted by Gasteiger charge is -2.34. The third kappa shape index (κ3) is 4.84. The predicted octanol–water partition coefficient (Wildman–Crippen LogP) is 0.342. The normalized spacial score (nSPS) is 19.6. The van der Waals surface area contributed by atoms with Crippen LogP contribution in [0.15, 0.2) is 0 Å². The fourth-order valence-corrected chi connectivity index (χ4v) is 3.59. The molecule has 0 aromatic heterocycles. The van der Waals surface area contributed by atoms with Gasteiger partial charge in [0.2, 0.25) is 10.0 Å². The van der Waals surface area contributed by atoms with E-state index in [4.69, 9.17) is 0 Å². The largest absolute Gasteiger partial charge is 0.316 e. The van der Waals surface area contributed by atoms with Crippen LogP contribution in [-0.4, -0.2) is 69.7 Å². The highest BCUT2D eigenvalue weighted by Crippen LogP contribution is 2.17. The van der Waals surface area contributed by atoms with Crippen molar-refractivity contribution in [2.24, 2.45) is 0 Å². The van der Waals surface area contributed by atoms with Crippen LogP contribution in [0.2, 0.25) is 0 Å². The maximum Gasteiger partial charge on any atom is 0.215 e. The van der Waals surface area contributed by atoms with E-state index >= 15 is 0 Å². The van der Waals surface area contributed by atoms with Crippen molar-refractivity contribution in [1.29, 1.82) is 0 Å². The first-order valence-electron chi connectivity index (χ1n) is 6.82. The molecule has 0 aliphatic carbocycles. The molecule has 6 heteroatoms. The number of rotatable bonds is 7. The summed E-state index contributed by atoms with van der Waals surface area (Å²) in [6.45, 7) is 5.48. The van der Waals surface area contributed by atoms with Gasteiger partial charge in [-0.2, -0.15) is 0 Å². The summed E-state index contributed by atoms with van der Waals surface area (Å²) in [6.07, 6.45) is 2.91. The second-order valence-electron chi connectivity index (χ2n) is 5.12. The van der Waals surface area contributed by atoms with E-state index in [-0.39, 0.29) is 11.8 Å². The van der Waals surface area contributed by atoms with E-state index in [1.165, 1.54) is 0 Å². The summed E-state index contributed by atoms with van der Waals surface area (Å²) in [4.78, 5) is 2.25. The van der Waals surface area contributed by atoms with E-state index in [0.717, 1.165) is 38.9 Å². The van der Waals surface area contributed by atoms with E-state index in [2.05, 4.69) is 24.2 Å². The summed E-state index contributed by atoms with van der Waals surface area (Å²) in [6, 6.07) is 0.178. The van der Waals surface area contributed by atoms with Gasteiger partial charge in [0.1, 0.15) is 0 Å². The average molecular weight is 277 g/mol. The number of nitrogens with one attached hydrogen (secondary N) is 1. The van der Waals surface area contributed by atoms with Gasteiger partial charge in [-0.05, 0) is 45.9 Å². The van der Waals surface area contributed by atoms with Crippen molar-refractivity contribution in [2.75, 3.05) is 46.0 Å². The van der Waals surface area contributed by atoms with Crippen molar-refractivity contribution in [3.05, 3.63) is 0 Å². The highest BCUT2D eigenvalue weighted by atomic mass is 32.2. The molecule has 0 spiro atoms. The van der Waals surface area contributed by atoms with Crippen molar-refractivity contribution >= 4 is 10.0 Å². The molecule has 1 rings (SSSR count). The van der Waals surface area contributed by atoms with Crippen LogP contribution in [0.5, 0.6) is 0 Å². The topological polar surface area (TPSA) is 52.7 Å². The standard InChI is InChI=1S/C12H27N3O2S/c1-4-7-13-8-11-18(16,17)15(3)12-5-9-14(2)10-6-12/h12-13H,4-11H2,1-3H3. The molecule has 0 aromatic rings. The van der Waals surface area contributed by atoms with Crippen LogP contribution in [0.3, 0.4) is 0 Å². The molecule has 18 heavy (non-hydrogen) atoms. The summed E-state index contributed by atoms with van der Waals surface area (Å²) >= 11 is 0. The molecular formula is C12H27N3O2S. The lowest BCUT2D eigenvalue weighted by atomic mass is 10.1. The molecule has 0 atom stereocenters. The zero-order chi connectivity index (χ0) is 13.6. The molecular weight excluding hydrogens is 250 g/mol. The highest BCUT2D eigenvalue weighted by molar-refractivity contribution is 7.89. The minimum atomic E-state index is -3.11. The van der Waals surface area contributed by atoms with Crippen molar-refractivity contribution in [3.63, 3.8) is 0 Å². The molecule has 0 amide bonds. The Morgan fingerprint density at radius 1 is 1.28 bits per heavy atom. The van der Waals surface area contributed by atoms with Crippen LogP contribution in [0.4, 0.5) is 0 Å². The first kappa shape index (κ1) is 15.9. The Balaban J connectivity index is 2.41. The summed E-state index contributed by atoms with van der Waals surface area (Å²) in [5.74, 6) is 0.204. The number of likely N-dealkylation sites (tertiary alicyclic amines) is 1. The number of nitrogens with zero attached hydrogens (tertiary/aromatic N) is 2. The molecule has 1 N–H and O–H groups in total. The van der Waals surface area contributed by atoms with Crippen molar-refractivity contribution in [2.45, 2.75) is 32.2 Å². The zero-order valence-electron chi connectivity index (χ0n) is 11.9. The number of hydrogen-bond donors (Lipinski definition) is 1. The molecule has 0 radical (unpaired) electrons. The fraction of sp³-hybridized carbons (Fsp3) is 1.00. The van der Waals surface area contributed by atoms with Gasteiger partial charge >= 0.3 is 0 Å². The van der Waals surface area contributed by atoms with Gasteiger partial charge in [0.15, 0.2) is 0 Å². The molecule has 0 aromatic carbocycles.